The van der Waals surface area contributed by atoms with Crippen molar-refractivity contribution in [3.8, 4) is 0 Å². The van der Waals surface area contributed by atoms with Crippen molar-refractivity contribution in [2.75, 3.05) is 5.75 Å². The summed E-state index contributed by atoms with van der Waals surface area (Å²) in [6.07, 6.45) is 3.92. The summed E-state index contributed by atoms with van der Waals surface area (Å²) in [5.74, 6) is -0.405. The average molecular weight is 438 g/mol. The maximum absolute atomic E-state index is 10.9. The van der Waals surface area contributed by atoms with Crippen molar-refractivity contribution in [2.24, 2.45) is 4.99 Å². The molecule has 1 aromatic rings. The Morgan fingerprint density at radius 2 is 2.40 bits per heavy atom. The number of carboxylic acid groups (broad SMARTS) is 1. The summed E-state index contributed by atoms with van der Waals surface area (Å²) >= 11 is 5.15. The second-order valence-electron chi connectivity index (χ2n) is 3.84. The Balaban J connectivity index is 2.42. The first-order valence-electron chi connectivity index (χ1n) is 5.61. The number of carbonyl (C=O) groups is 1. The maximum atomic E-state index is 10.9. The van der Waals surface area contributed by atoms with Gasteiger partial charge in [0.15, 0.2) is 6.04 Å². The van der Waals surface area contributed by atoms with Gasteiger partial charge in [0.2, 0.25) is 0 Å². The van der Waals surface area contributed by atoms with Crippen LogP contribution in [0, 0.1) is 0 Å². The van der Waals surface area contributed by atoms with Gasteiger partial charge in [0.1, 0.15) is 10.1 Å². The van der Waals surface area contributed by atoms with Gasteiger partial charge in [0, 0.05) is 31.9 Å². The zero-order valence-electron chi connectivity index (χ0n) is 10.5. The quantitative estimate of drug-likeness (QED) is 0.731. The molecule has 0 unspecified atom stereocenters. The van der Waals surface area contributed by atoms with Gasteiger partial charge >= 0.3 is 5.97 Å². The minimum atomic E-state index is -0.882. The molecule has 8 heteroatoms. The minimum absolute atomic E-state index is 0.477. The smallest absolute Gasteiger partial charge is 0.329 e. The highest BCUT2D eigenvalue weighted by Gasteiger charge is 2.26. The van der Waals surface area contributed by atoms with Crippen LogP contribution in [0.5, 0.6) is 0 Å². The molecule has 0 aromatic carbocycles. The average Bonchev–Trinajstić information content (AvgIpc) is 3.04. The first-order valence-corrected chi connectivity index (χ1v) is 10.8. The summed E-state index contributed by atoms with van der Waals surface area (Å²) in [4.78, 5) is 20.6. The van der Waals surface area contributed by atoms with Gasteiger partial charge in [0.25, 0.3) is 0 Å². The lowest BCUT2D eigenvalue weighted by Gasteiger charge is -1.93. The summed E-state index contributed by atoms with van der Waals surface area (Å²) in [5.41, 5.74) is 0. The third kappa shape index (κ3) is 3.66. The van der Waals surface area contributed by atoms with E-state index in [0.717, 1.165) is 24.8 Å². The number of thioether (sulfide) groups is 1. The van der Waals surface area contributed by atoms with E-state index in [1.807, 2.05) is 19.1 Å². The normalized spacial score (nSPS) is 20.3. The van der Waals surface area contributed by atoms with Crippen LogP contribution in [0.15, 0.2) is 16.5 Å². The van der Waals surface area contributed by atoms with Crippen LogP contribution in [0.3, 0.4) is 0 Å². The van der Waals surface area contributed by atoms with E-state index in [2.05, 4.69) is 37.8 Å². The molecule has 4 nitrogen and oxygen atoms in total. The minimum Gasteiger partial charge on any atom is -0.480 e. The molecule has 0 amide bonds. The Morgan fingerprint density at radius 1 is 1.65 bits per heavy atom. The summed E-state index contributed by atoms with van der Waals surface area (Å²) in [6, 6.07) is -0.653. The lowest BCUT2D eigenvalue weighted by Crippen LogP contribution is -2.20. The molecule has 0 radical (unpaired) electrons. The van der Waals surface area contributed by atoms with Gasteiger partial charge in [-0.05, 0) is 13.0 Å². The molecule has 0 bridgehead atoms. The molecule has 1 aliphatic rings. The van der Waals surface area contributed by atoms with Crippen molar-refractivity contribution in [3.05, 3.63) is 26.4 Å². The molecule has 106 valence electrons. The Kier molecular flexibility index (Phi) is 5.70. The Bertz CT molecular complexity index is 696. The van der Waals surface area contributed by atoms with Gasteiger partial charge in [-0.1, -0.05) is 21.6 Å². The third-order valence-corrected chi connectivity index (χ3v) is 6.69. The Hall–Kier alpha value is -0.320. The van der Waals surface area contributed by atoms with Crippen LogP contribution >= 0.6 is 53.2 Å². The maximum Gasteiger partial charge on any atom is 0.329 e. The summed E-state index contributed by atoms with van der Waals surface area (Å²) in [5, 5.41) is 11.4. The topological polar surface area (TPSA) is 62.5 Å². The highest BCUT2D eigenvalue weighted by Crippen LogP contribution is 2.24. The number of thiazole rings is 1. The molecule has 1 aromatic heterocycles. The molecule has 2 rings (SSSR count). The molecule has 0 saturated carbocycles. The van der Waals surface area contributed by atoms with Crippen LogP contribution in [-0.4, -0.2) is 32.9 Å². The van der Waals surface area contributed by atoms with Crippen molar-refractivity contribution in [1.29, 1.82) is 0 Å². The fourth-order valence-electron chi connectivity index (χ4n) is 1.53. The molecule has 20 heavy (non-hydrogen) atoms. The zero-order chi connectivity index (χ0) is 14.7. The monoisotopic (exact) mass is 438 g/mol. The summed E-state index contributed by atoms with van der Waals surface area (Å²) in [7, 11) is 1.56. The van der Waals surface area contributed by atoms with Crippen molar-refractivity contribution in [2.45, 2.75) is 13.0 Å². The molecule has 0 saturated heterocycles. The van der Waals surface area contributed by atoms with Gasteiger partial charge in [-0.15, -0.1) is 23.1 Å². The lowest BCUT2D eigenvalue weighted by molar-refractivity contribution is -0.137. The van der Waals surface area contributed by atoms with Crippen LogP contribution < -0.4 is 9.88 Å². The predicted molar refractivity (Wildman–Crippen MR) is 97.1 cm³/mol. The molecular formula is C12H11IN2O2S3. The van der Waals surface area contributed by atoms with Gasteiger partial charge < -0.3 is 5.11 Å². The molecular weight excluding hydrogens is 427 g/mol. The van der Waals surface area contributed by atoms with Gasteiger partial charge in [0.05, 0.1) is 9.88 Å². The second kappa shape index (κ2) is 7.10. The molecule has 0 spiro atoms. The SMILES string of the molecule is C=C(/C=c1/sc(C2=N[C@@H](C(=O)O)CS2)n/c1=C/C)SI. The fraction of sp³-hybridized carbons (Fsp3) is 0.250. The number of allylic oxidation sites excluding steroid dienone is 1. The van der Waals surface area contributed by atoms with E-state index in [9.17, 15) is 4.79 Å². The number of rotatable bonds is 4. The standard InChI is InChI=1S/C12H11IN2O2S3/c1-3-7-9(4-6(2)20-13)19-11(14-7)10-15-8(5-18-10)12(16)17/h3-4,8H,2,5H2,1H3,(H,16,17)/b7-3+,9-4+/t8-/m1/s1. The largest absolute Gasteiger partial charge is 0.480 e. The zero-order valence-corrected chi connectivity index (χ0v) is 15.1. The van der Waals surface area contributed by atoms with Crippen molar-refractivity contribution in [1.82, 2.24) is 4.98 Å². The van der Waals surface area contributed by atoms with Gasteiger partial charge in [-0.25, -0.2) is 9.78 Å². The van der Waals surface area contributed by atoms with Gasteiger partial charge in [-0.3, -0.25) is 4.99 Å². The number of hydrogen-bond acceptors (Lipinski definition) is 6. The lowest BCUT2D eigenvalue weighted by atomic mass is 10.4. The van der Waals surface area contributed by atoms with Crippen molar-refractivity contribution < 1.29 is 9.90 Å². The van der Waals surface area contributed by atoms with E-state index in [-0.39, 0.29) is 0 Å². The number of aliphatic carboxylic acids is 1. The summed E-state index contributed by atoms with van der Waals surface area (Å²) in [6.45, 7) is 5.87. The molecule has 0 aliphatic carbocycles. The molecule has 1 aliphatic heterocycles. The van der Waals surface area contributed by atoms with Crippen LogP contribution in [0.25, 0.3) is 12.2 Å². The number of aliphatic imine (C=N–C) groups is 1. The highest BCUT2D eigenvalue weighted by atomic mass is 127. The fourth-order valence-corrected chi connectivity index (χ4v) is 4.32. The van der Waals surface area contributed by atoms with E-state index in [1.165, 1.54) is 23.1 Å². The van der Waals surface area contributed by atoms with Crippen LogP contribution in [0.2, 0.25) is 0 Å². The summed E-state index contributed by atoms with van der Waals surface area (Å²) < 4.78 is 1.03. The van der Waals surface area contributed by atoms with Gasteiger partial charge in [-0.2, -0.15) is 0 Å². The highest BCUT2D eigenvalue weighted by molar-refractivity contribution is 14.2. The Morgan fingerprint density at radius 3 is 2.95 bits per heavy atom. The number of carboxylic acids is 1. The number of hydrogen-bond donors (Lipinski definition) is 1. The molecule has 0 fully saturated rings. The molecule has 1 N–H and O–H groups in total. The van der Waals surface area contributed by atoms with Crippen LogP contribution in [0.4, 0.5) is 0 Å². The number of aromatic nitrogens is 1. The first-order chi connectivity index (χ1) is 9.55. The molecule has 1 atom stereocenters. The first kappa shape index (κ1) is 16.1. The van der Waals surface area contributed by atoms with Crippen molar-refractivity contribution in [3.63, 3.8) is 0 Å². The van der Waals surface area contributed by atoms with Crippen LogP contribution in [-0.2, 0) is 4.79 Å². The van der Waals surface area contributed by atoms with Crippen molar-refractivity contribution >= 4 is 76.4 Å². The third-order valence-electron chi connectivity index (χ3n) is 2.46. The number of halogens is 1. The predicted octanol–water partition coefficient (Wildman–Crippen LogP) is 2.27. The van der Waals surface area contributed by atoms with E-state index in [4.69, 9.17) is 5.11 Å². The van der Waals surface area contributed by atoms with E-state index < -0.39 is 12.0 Å². The van der Waals surface area contributed by atoms with E-state index >= 15 is 0 Å². The van der Waals surface area contributed by atoms with E-state index in [0.29, 0.717) is 5.75 Å². The Labute approximate surface area is 140 Å². The van der Waals surface area contributed by atoms with E-state index in [1.54, 1.807) is 8.93 Å². The number of nitrogens with zero attached hydrogens (tertiary/aromatic N) is 2. The second-order valence-corrected chi connectivity index (χ2v) is 7.88. The molecule has 2 heterocycles. The van der Waals surface area contributed by atoms with Crippen LogP contribution in [0.1, 0.15) is 11.9 Å².